The van der Waals surface area contributed by atoms with Gasteiger partial charge in [0, 0.05) is 61.2 Å². The highest BCUT2D eigenvalue weighted by Gasteiger charge is 2.26. The van der Waals surface area contributed by atoms with E-state index < -0.39 is 11.4 Å². The number of aliphatic imine (C=N–C) groups is 2. The predicted octanol–water partition coefficient (Wildman–Crippen LogP) is 1.71. The van der Waals surface area contributed by atoms with Crippen molar-refractivity contribution in [1.82, 2.24) is 28.5 Å². The smallest absolute Gasteiger partial charge is 0.350 e. The van der Waals surface area contributed by atoms with Gasteiger partial charge in [0.2, 0.25) is 11.8 Å². The molecule has 2 aliphatic heterocycles. The molecule has 0 amide bonds. The van der Waals surface area contributed by atoms with Crippen LogP contribution in [-0.2, 0) is 14.1 Å². The number of allylic oxidation sites excluding steroid dienone is 2. The zero-order valence-corrected chi connectivity index (χ0v) is 19.1. The molecule has 178 valence electrons. The molecule has 2 aliphatic rings. The molecule has 0 fully saturated rings. The number of imidazole rings is 2. The molecule has 36 heavy (non-hydrogen) atoms. The number of pyridine rings is 2. The molecule has 0 saturated carbocycles. The molecule has 12 heteroatoms. The van der Waals surface area contributed by atoms with Gasteiger partial charge in [0.1, 0.15) is 11.4 Å². The lowest BCUT2D eigenvalue weighted by molar-refractivity contribution is 0.428. The second kappa shape index (κ2) is 7.63. The van der Waals surface area contributed by atoms with Crippen molar-refractivity contribution in [2.75, 3.05) is 0 Å². The first-order valence-corrected chi connectivity index (χ1v) is 10.8. The van der Waals surface area contributed by atoms with Crippen molar-refractivity contribution in [2.24, 2.45) is 24.1 Å². The number of hydrogen-bond donors (Lipinski definition) is 2. The summed E-state index contributed by atoms with van der Waals surface area (Å²) in [6.07, 6.45) is 12.7. The van der Waals surface area contributed by atoms with E-state index in [-0.39, 0.29) is 23.1 Å². The lowest BCUT2D eigenvalue weighted by atomic mass is 10.1. The van der Waals surface area contributed by atoms with Crippen LogP contribution in [-0.4, -0.2) is 51.1 Å². The fraction of sp³-hybridized carbons (Fsp3) is 0.0833. The van der Waals surface area contributed by atoms with E-state index in [0.29, 0.717) is 22.5 Å². The Morgan fingerprint density at radius 3 is 1.56 bits per heavy atom. The zero-order valence-electron chi connectivity index (χ0n) is 19.1. The summed E-state index contributed by atoms with van der Waals surface area (Å²) >= 11 is 0. The van der Waals surface area contributed by atoms with Gasteiger partial charge in [0.15, 0.2) is 0 Å². The molecule has 0 spiro atoms. The van der Waals surface area contributed by atoms with Gasteiger partial charge in [-0.25, -0.2) is 9.59 Å². The molecule has 0 aliphatic carbocycles. The lowest BCUT2D eigenvalue weighted by Gasteiger charge is -2.08. The lowest BCUT2D eigenvalue weighted by Crippen LogP contribution is -2.36. The monoisotopic (exact) mass is 482 g/mol. The molecule has 0 unspecified atom stereocenters. The Labute approximate surface area is 202 Å². The summed E-state index contributed by atoms with van der Waals surface area (Å²) in [6.45, 7) is 0. The third kappa shape index (κ3) is 2.94. The molecule has 4 aromatic heterocycles. The minimum Gasteiger partial charge on any atom is -0.493 e. The molecule has 0 saturated heterocycles. The van der Waals surface area contributed by atoms with Crippen molar-refractivity contribution in [3.8, 4) is 11.8 Å². The molecule has 2 N–H and O–H groups in total. The minimum absolute atomic E-state index is 0.0330. The van der Waals surface area contributed by atoms with E-state index in [4.69, 9.17) is 0 Å². The van der Waals surface area contributed by atoms with Gasteiger partial charge in [-0.3, -0.25) is 29.1 Å². The Morgan fingerprint density at radius 1 is 0.722 bits per heavy atom. The minimum atomic E-state index is -0.693. The van der Waals surface area contributed by atoms with Gasteiger partial charge < -0.3 is 10.2 Å². The molecule has 0 atom stereocenters. The van der Waals surface area contributed by atoms with Crippen molar-refractivity contribution in [3.05, 3.63) is 80.4 Å². The van der Waals surface area contributed by atoms with Crippen LogP contribution in [0.1, 0.15) is 22.5 Å². The van der Waals surface area contributed by atoms with E-state index >= 15 is 0 Å². The van der Waals surface area contributed by atoms with E-state index in [1.54, 1.807) is 61.5 Å². The molecular formula is C24H18N8O4. The van der Waals surface area contributed by atoms with Gasteiger partial charge in [-0.2, -0.15) is 9.35 Å². The average Bonchev–Trinajstić information content (AvgIpc) is 3.60. The highest BCUT2D eigenvalue weighted by Crippen LogP contribution is 2.34. The normalized spacial score (nSPS) is 15.8. The fourth-order valence-electron chi connectivity index (χ4n) is 4.25. The van der Waals surface area contributed by atoms with Crippen molar-refractivity contribution in [2.45, 2.75) is 0 Å². The van der Waals surface area contributed by atoms with E-state index in [2.05, 4.69) is 20.0 Å². The topological polar surface area (TPSA) is 145 Å². The van der Waals surface area contributed by atoms with Gasteiger partial charge in [0.05, 0.1) is 23.8 Å². The second-order valence-corrected chi connectivity index (χ2v) is 8.23. The highest BCUT2D eigenvalue weighted by molar-refractivity contribution is 6.22. The molecule has 6 heterocycles. The summed E-state index contributed by atoms with van der Waals surface area (Å²) in [5, 5.41) is 21.7. The number of nitrogens with zero attached hydrogens (tertiary/aromatic N) is 8. The molecular weight excluding hydrogens is 464 g/mol. The van der Waals surface area contributed by atoms with Gasteiger partial charge in [-0.05, 0) is 24.3 Å². The Morgan fingerprint density at radius 2 is 1.14 bits per heavy atom. The maximum absolute atomic E-state index is 13.3. The standard InChI is InChI=1S/C24H18N8O4/c1-29-21(33)19(7-13-9-27-17-11-25-5-3-15(13)17)31(23(29)35)32-20(22(34)30(2)24(32)36)8-14-10-28-18-12-26-6-4-16(14)18/h3-12,33-34H,1-2H3. The van der Waals surface area contributed by atoms with E-state index in [1.165, 1.54) is 14.1 Å². The Bertz CT molecular complexity index is 1690. The first-order chi connectivity index (χ1) is 17.4. The Kier molecular flexibility index (Phi) is 4.51. The van der Waals surface area contributed by atoms with Crippen LogP contribution in [0.15, 0.2) is 56.5 Å². The summed E-state index contributed by atoms with van der Waals surface area (Å²) in [5.41, 5.74) is 2.69. The summed E-state index contributed by atoms with van der Waals surface area (Å²) in [6, 6.07) is 3.53. The molecule has 0 radical (unpaired) electrons. The van der Waals surface area contributed by atoms with Gasteiger partial charge >= 0.3 is 11.4 Å². The van der Waals surface area contributed by atoms with Crippen LogP contribution in [0, 0.1) is 0 Å². The quantitative estimate of drug-likeness (QED) is 0.455. The highest BCUT2D eigenvalue weighted by atomic mass is 16.3. The first-order valence-electron chi connectivity index (χ1n) is 10.8. The second-order valence-electron chi connectivity index (χ2n) is 8.23. The molecule has 6 rings (SSSR count). The molecule has 0 bridgehead atoms. The fourth-order valence-corrected chi connectivity index (χ4v) is 4.25. The summed E-state index contributed by atoms with van der Waals surface area (Å²) in [4.78, 5) is 43.3. The summed E-state index contributed by atoms with van der Waals surface area (Å²) in [7, 11) is 2.77. The molecule has 12 nitrogen and oxygen atoms in total. The van der Waals surface area contributed by atoms with E-state index in [1.807, 2.05) is 0 Å². The van der Waals surface area contributed by atoms with Gasteiger partial charge in [-0.1, -0.05) is 0 Å². The average molecular weight is 482 g/mol. The third-order valence-electron chi connectivity index (χ3n) is 6.18. The Hall–Kier alpha value is -5.26. The van der Waals surface area contributed by atoms with Crippen LogP contribution in [0.2, 0.25) is 0 Å². The van der Waals surface area contributed by atoms with Crippen LogP contribution in [0.25, 0.3) is 23.3 Å². The number of rotatable bonds is 3. The number of aromatic nitrogens is 6. The van der Waals surface area contributed by atoms with Gasteiger partial charge in [-0.15, -0.1) is 0 Å². The SMILES string of the molecule is Cn1c(O)c(C=C2C=Nc3cnccc32)n(-n2c(C=C3C=Nc4cnccc43)c(O)n(C)c2=O)c1=O. The summed E-state index contributed by atoms with van der Waals surface area (Å²) < 4.78 is 4.06. The van der Waals surface area contributed by atoms with E-state index in [9.17, 15) is 19.8 Å². The number of fused-ring (bicyclic) bond motifs is 2. The van der Waals surface area contributed by atoms with Crippen molar-refractivity contribution < 1.29 is 10.2 Å². The maximum Gasteiger partial charge on any atom is 0.350 e. The van der Waals surface area contributed by atoms with Crippen molar-refractivity contribution in [3.63, 3.8) is 0 Å². The third-order valence-corrected chi connectivity index (χ3v) is 6.18. The van der Waals surface area contributed by atoms with Crippen LogP contribution in [0.5, 0.6) is 11.8 Å². The molecule has 0 aromatic carbocycles. The maximum atomic E-state index is 13.3. The van der Waals surface area contributed by atoms with Crippen LogP contribution < -0.4 is 11.4 Å². The van der Waals surface area contributed by atoms with Crippen LogP contribution in [0.3, 0.4) is 0 Å². The number of aromatic hydroxyl groups is 2. The largest absolute Gasteiger partial charge is 0.493 e. The van der Waals surface area contributed by atoms with Crippen LogP contribution in [0.4, 0.5) is 11.4 Å². The molecule has 4 aromatic rings. The Balaban J connectivity index is 1.61. The van der Waals surface area contributed by atoms with Crippen LogP contribution >= 0.6 is 0 Å². The van der Waals surface area contributed by atoms with Crippen molar-refractivity contribution >= 4 is 47.1 Å². The first kappa shape index (κ1) is 21.3. The van der Waals surface area contributed by atoms with Gasteiger partial charge in [0.25, 0.3) is 0 Å². The zero-order chi connectivity index (χ0) is 25.1. The number of hydrogen-bond acceptors (Lipinski definition) is 8. The van der Waals surface area contributed by atoms with E-state index in [0.717, 1.165) is 29.6 Å². The van der Waals surface area contributed by atoms with Crippen molar-refractivity contribution in [1.29, 1.82) is 0 Å². The predicted molar refractivity (Wildman–Crippen MR) is 134 cm³/mol. The summed E-state index contributed by atoms with van der Waals surface area (Å²) in [5.74, 6) is -0.729.